The molecule has 0 unspecified atom stereocenters. The van der Waals surface area contributed by atoms with Gasteiger partial charge in [0, 0.05) is 17.7 Å². The van der Waals surface area contributed by atoms with E-state index in [1.54, 1.807) is 13.1 Å². The number of rotatable bonds is 5. The number of alkyl halides is 2. The first kappa shape index (κ1) is 22.2. The number of thioether (sulfide) groups is 1. The summed E-state index contributed by atoms with van der Waals surface area (Å²) in [5.74, 6) is -3.11. The lowest BCUT2D eigenvalue weighted by Gasteiger charge is -2.39. The molecule has 2 aliphatic rings. The van der Waals surface area contributed by atoms with Crippen molar-refractivity contribution in [3.63, 3.8) is 0 Å². The van der Waals surface area contributed by atoms with Crippen molar-refractivity contribution in [2.75, 3.05) is 35.7 Å². The summed E-state index contributed by atoms with van der Waals surface area (Å²) in [6.07, 6.45) is 1.49. The van der Waals surface area contributed by atoms with Gasteiger partial charge in [-0.25, -0.2) is 13.8 Å². The summed E-state index contributed by atoms with van der Waals surface area (Å²) in [5.41, 5.74) is 1.51. The predicted molar refractivity (Wildman–Crippen MR) is 120 cm³/mol. The monoisotopic (exact) mass is 486 g/mol. The molecule has 2 amide bonds. The first-order chi connectivity index (χ1) is 16.3. The van der Waals surface area contributed by atoms with Crippen LogP contribution in [0.2, 0.25) is 0 Å². The molecule has 1 saturated heterocycles. The summed E-state index contributed by atoms with van der Waals surface area (Å²) in [6, 6.07) is 10.3. The summed E-state index contributed by atoms with van der Waals surface area (Å²) >= 11 is 1.34. The molecule has 0 spiro atoms. The summed E-state index contributed by atoms with van der Waals surface area (Å²) in [5, 5.41) is 14.5. The fraction of sp³-hybridized carbons (Fsp3) is 0.333. The van der Waals surface area contributed by atoms with E-state index in [1.807, 2.05) is 30.3 Å². The lowest BCUT2D eigenvalue weighted by Crippen LogP contribution is -2.56. The van der Waals surface area contributed by atoms with Crippen LogP contribution in [0.25, 0.3) is 0 Å². The number of fused-ring (bicyclic) bond motifs is 1. The zero-order valence-corrected chi connectivity index (χ0v) is 18.9. The number of halogens is 2. The number of anilines is 2. The van der Waals surface area contributed by atoms with E-state index in [0.29, 0.717) is 18.1 Å². The van der Waals surface area contributed by atoms with Crippen LogP contribution in [0, 0.1) is 0 Å². The van der Waals surface area contributed by atoms with E-state index in [-0.39, 0.29) is 30.6 Å². The first-order valence-electron chi connectivity index (χ1n) is 10.4. The number of aromatic nitrogens is 5. The SMILES string of the molecule is CN1C(=O)[C@@H](NC(=O)c2nnn(Cc3ccccc3)n2)CSc2cc(N3CC(F)(F)C3)ncc21. The molecule has 34 heavy (non-hydrogen) atoms. The van der Waals surface area contributed by atoms with Gasteiger partial charge in [-0.05, 0) is 16.8 Å². The van der Waals surface area contributed by atoms with E-state index in [9.17, 15) is 18.4 Å². The third-order valence-corrected chi connectivity index (χ3v) is 6.66. The Morgan fingerprint density at radius 3 is 2.76 bits per heavy atom. The van der Waals surface area contributed by atoms with Crippen LogP contribution < -0.4 is 15.1 Å². The van der Waals surface area contributed by atoms with Crippen molar-refractivity contribution in [3.05, 3.63) is 54.0 Å². The summed E-state index contributed by atoms with van der Waals surface area (Å²) in [7, 11) is 1.58. The quantitative estimate of drug-likeness (QED) is 0.577. The third kappa shape index (κ3) is 4.42. The first-order valence-corrected chi connectivity index (χ1v) is 11.4. The largest absolute Gasteiger partial charge is 0.344 e. The highest BCUT2D eigenvalue weighted by Crippen LogP contribution is 2.38. The van der Waals surface area contributed by atoms with Crippen molar-refractivity contribution >= 4 is 35.1 Å². The lowest BCUT2D eigenvalue weighted by atomic mass is 10.1. The number of benzene rings is 1. The van der Waals surface area contributed by atoms with E-state index in [0.717, 1.165) is 10.5 Å². The van der Waals surface area contributed by atoms with E-state index >= 15 is 0 Å². The van der Waals surface area contributed by atoms with Crippen LogP contribution in [0.15, 0.2) is 47.5 Å². The van der Waals surface area contributed by atoms with Crippen molar-refractivity contribution in [2.24, 2.45) is 0 Å². The highest BCUT2D eigenvalue weighted by molar-refractivity contribution is 7.99. The van der Waals surface area contributed by atoms with Gasteiger partial charge in [0.05, 0.1) is 31.5 Å². The Labute approximate surface area is 197 Å². The van der Waals surface area contributed by atoms with Crippen LogP contribution in [0.4, 0.5) is 20.3 Å². The lowest BCUT2D eigenvalue weighted by molar-refractivity contribution is -0.119. The normalized spacial score (nSPS) is 19.3. The summed E-state index contributed by atoms with van der Waals surface area (Å²) in [6.45, 7) is -0.403. The number of hydrogen-bond donors (Lipinski definition) is 1. The van der Waals surface area contributed by atoms with Crippen LogP contribution in [-0.2, 0) is 11.3 Å². The number of tetrazole rings is 1. The molecule has 3 aromatic rings. The molecule has 0 radical (unpaired) electrons. The molecular formula is C21H20F2N8O2S. The molecule has 0 saturated carbocycles. The smallest absolute Gasteiger partial charge is 0.293 e. The van der Waals surface area contributed by atoms with Crippen molar-refractivity contribution in [1.29, 1.82) is 0 Å². The standard InChI is InChI=1S/C21H20F2N8O2S/c1-29-15-8-24-17(30-11-21(22,23)12-30)7-16(15)34-10-14(20(29)33)25-19(32)18-26-28-31(27-18)9-13-5-3-2-4-6-13/h2-8,14H,9-12H2,1H3,(H,25,32)/t14-/m0/s1. The third-order valence-electron chi connectivity index (χ3n) is 5.52. The number of amides is 2. The fourth-order valence-corrected chi connectivity index (χ4v) is 4.80. The van der Waals surface area contributed by atoms with Gasteiger partial charge in [-0.2, -0.15) is 4.80 Å². The Balaban J connectivity index is 1.26. The zero-order chi connectivity index (χ0) is 23.9. The van der Waals surface area contributed by atoms with Crippen molar-refractivity contribution in [3.8, 4) is 0 Å². The highest BCUT2D eigenvalue weighted by atomic mass is 32.2. The molecule has 13 heteroatoms. The molecule has 0 aliphatic carbocycles. The molecule has 1 fully saturated rings. The van der Waals surface area contributed by atoms with E-state index < -0.39 is 17.9 Å². The number of carbonyl (C=O) groups excluding carboxylic acids is 2. The van der Waals surface area contributed by atoms with Gasteiger partial charge in [0.2, 0.25) is 5.91 Å². The van der Waals surface area contributed by atoms with Gasteiger partial charge in [-0.15, -0.1) is 22.0 Å². The van der Waals surface area contributed by atoms with Gasteiger partial charge >= 0.3 is 0 Å². The van der Waals surface area contributed by atoms with Crippen LogP contribution in [-0.4, -0.2) is 74.9 Å². The topological polar surface area (TPSA) is 109 Å². The average molecular weight is 487 g/mol. The second-order valence-corrected chi connectivity index (χ2v) is 9.15. The van der Waals surface area contributed by atoms with Crippen LogP contribution in [0.1, 0.15) is 16.2 Å². The van der Waals surface area contributed by atoms with Gasteiger partial charge in [0.15, 0.2) is 0 Å². The van der Waals surface area contributed by atoms with E-state index in [2.05, 4.69) is 25.7 Å². The molecule has 2 aliphatic heterocycles. The maximum Gasteiger partial charge on any atom is 0.293 e. The fourth-order valence-electron chi connectivity index (χ4n) is 3.70. The molecule has 176 valence electrons. The van der Waals surface area contributed by atoms with Crippen LogP contribution >= 0.6 is 11.8 Å². The molecule has 5 rings (SSSR count). The molecular weight excluding hydrogens is 466 g/mol. The van der Waals surface area contributed by atoms with E-state index in [4.69, 9.17) is 0 Å². The van der Waals surface area contributed by atoms with Gasteiger partial charge in [0.25, 0.3) is 17.7 Å². The number of likely N-dealkylation sites (N-methyl/N-ethyl adjacent to an activating group) is 1. The zero-order valence-electron chi connectivity index (χ0n) is 18.1. The second kappa shape index (κ2) is 8.63. The van der Waals surface area contributed by atoms with Gasteiger partial charge in [-0.3, -0.25) is 9.59 Å². The number of nitrogens with one attached hydrogen (secondary N) is 1. The maximum atomic E-state index is 13.2. The minimum absolute atomic E-state index is 0.138. The minimum Gasteiger partial charge on any atom is -0.344 e. The molecule has 1 atom stereocenters. The van der Waals surface area contributed by atoms with E-state index in [1.165, 1.54) is 32.6 Å². The number of hydrogen-bond acceptors (Lipinski definition) is 8. The highest BCUT2D eigenvalue weighted by Gasteiger charge is 2.44. The van der Waals surface area contributed by atoms with Crippen molar-refractivity contribution in [2.45, 2.75) is 23.4 Å². The van der Waals surface area contributed by atoms with Gasteiger partial charge in [-0.1, -0.05) is 30.3 Å². The molecule has 1 aromatic carbocycles. The second-order valence-electron chi connectivity index (χ2n) is 8.09. The number of pyridine rings is 1. The number of carbonyl (C=O) groups is 2. The molecule has 2 aromatic heterocycles. The Hall–Kier alpha value is -3.61. The van der Waals surface area contributed by atoms with Crippen molar-refractivity contribution in [1.82, 2.24) is 30.5 Å². The Kier molecular flexibility index (Phi) is 5.63. The van der Waals surface area contributed by atoms with Crippen LogP contribution in [0.3, 0.4) is 0 Å². The van der Waals surface area contributed by atoms with Gasteiger partial charge in [0.1, 0.15) is 11.9 Å². The number of nitrogens with zero attached hydrogens (tertiary/aromatic N) is 7. The molecule has 10 nitrogen and oxygen atoms in total. The molecule has 4 heterocycles. The molecule has 0 bridgehead atoms. The van der Waals surface area contributed by atoms with Gasteiger partial charge < -0.3 is 15.1 Å². The predicted octanol–water partition coefficient (Wildman–Crippen LogP) is 1.44. The summed E-state index contributed by atoms with van der Waals surface area (Å²) in [4.78, 5) is 34.9. The Morgan fingerprint density at radius 2 is 2.03 bits per heavy atom. The van der Waals surface area contributed by atoms with Crippen LogP contribution in [0.5, 0.6) is 0 Å². The van der Waals surface area contributed by atoms with Crippen molar-refractivity contribution < 1.29 is 18.4 Å². The maximum absolute atomic E-state index is 13.2. The Bertz CT molecular complexity index is 1230. The minimum atomic E-state index is -2.71. The summed E-state index contributed by atoms with van der Waals surface area (Å²) < 4.78 is 26.5. The Morgan fingerprint density at radius 1 is 1.26 bits per heavy atom. The molecule has 1 N–H and O–H groups in total. The average Bonchev–Trinajstić information content (AvgIpc) is 3.24.